The van der Waals surface area contributed by atoms with Crippen molar-refractivity contribution in [1.29, 1.82) is 0 Å². The Labute approximate surface area is 198 Å². The third kappa shape index (κ3) is 3.70. The Hall–Kier alpha value is -3.28. The normalized spacial score (nSPS) is 26.7. The number of alkyl halides is 3. The lowest BCUT2D eigenvalue weighted by Gasteiger charge is -2.35. The van der Waals surface area contributed by atoms with Crippen molar-refractivity contribution < 1.29 is 23.0 Å². The van der Waals surface area contributed by atoms with E-state index >= 15 is 0 Å². The number of benzene rings is 1. The van der Waals surface area contributed by atoms with Gasteiger partial charge in [0.25, 0.3) is 0 Å². The van der Waals surface area contributed by atoms with Gasteiger partial charge in [0, 0.05) is 24.7 Å². The first-order valence-corrected chi connectivity index (χ1v) is 11.4. The quantitative estimate of drug-likeness (QED) is 0.429. The highest BCUT2D eigenvalue weighted by Crippen LogP contribution is 2.41. The van der Waals surface area contributed by atoms with E-state index in [2.05, 4.69) is 15.5 Å². The average Bonchev–Trinajstić information content (AvgIpc) is 3.42. The van der Waals surface area contributed by atoms with E-state index in [1.165, 1.54) is 23.2 Å². The second kappa shape index (κ2) is 7.87. The van der Waals surface area contributed by atoms with Crippen molar-refractivity contribution in [3.05, 3.63) is 54.2 Å². The van der Waals surface area contributed by atoms with Crippen LogP contribution in [0.3, 0.4) is 0 Å². The SMILES string of the molecule is CC1N[C@]2(CO)CCN(C2)[C@@H](C(F)(F)F)c2ccc3nnc(n3c2)-c2ccc3cccc(c3n2)O1. The Morgan fingerprint density at radius 2 is 2.03 bits per heavy atom. The fourth-order valence-electron chi connectivity index (χ4n) is 5.26. The number of aliphatic hydroxyl groups is 1. The van der Waals surface area contributed by atoms with Crippen LogP contribution in [0, 0.1) is 0 Å². The summed E-state index contributed by atoms with van der Waals surface area (Å²) in [6.07, 6.45) is -3.35. The molecule has 2 unspecified atom stereocenters. The van der Waals surface area contributed by atoms with Crippen molar-refractivity contribution in [2.75, 3.05) is 19.7 Å². The summed E-state index contributed by atoms with van der Waals surface area (Å²) in [5.41, 5.74) is 0.604. The van der Waals surface area contributed by atoms with Crippen LogP contribution >= 0.6 is 0 Å². The first kappa shape index (κ1) is 22.2. The molecule has 3 aromatic heterocycles. The molecule has 6 bridgehead atoms. The summed E-state index contributed by atoms with van der Waals surface area (Å²) in [6.45, 7) is 1.61. The Morgan fingerprint density at radius 3 is 2.83 bits per heavy atom. The molecule has 182 valence electrons. The maximum atomic E-state index is 14.4. The predicted octanol–water partition coefficient (Wildman–Crippen LogP) is 3.31. The van der Waals surface area contributed by atoms with Gasteiger partial charge < -0.3 is 9.84 Å². The predicted molar refractivity (Wildman–Crippen MR) is 122 cm³/mol. The number of pyridine rings is 2. The van der Waals surface area contributed by atoms with Crippen LogP contribution in [0.4, 0.5) is 13.2 Å². The average molecular weight is 484 g/mol. The van der Waals surface area contributed by atoms with Gasteiger partial charge in [-0.1, -0.05) is 24.3 Å². The third-order valence-electron chi connectivity index (χ3n) is 6.83. The number of aliphatic hydroxyl groups excluding tert-OH is 1. The second-order valence-corrected chi connectivity index (χ2v) is 9.25. The molecule has 11 heteroatoms. The molecular weight excluding hydrogens is 461 g/mol. The zero-order valence-electron chi connectivity index (χ0n) is 18.8. The standard InChI is InChI=1S/C24H23F3N6O2/c1-14-29-23(13-34)9-10-32(12-23)21(24(25,26)27)16-6-8-19-30-31-22(33(19)11-16)17-7-5-15-3-2-4-18(35-14)20(15)28-17/h2-8,11,14,21,29,34H,9-10,12-13H2,1H3/t14?,21-,23-/m1/s1. The maximum Gasteiger partial charge on any atom is 0.408 e. The number of nitrogens with zero attached hydrogens (tertiary/aromatic N) is 5. The van der Waals surface area contributed by atoms with Crippen molar-refractivity contribution in [3.63, 3.8) is 0 Å². The Balaban J connectivity index is 1.60. The molecule has 0 aliphatic carbocycles. The van der Waals surface area contributed by atoms with Gasteiger partial charge in [-0.15, -0.1) is 10.2 Å². The van der Waals surface area contributed by atoms with Gasteiger partial charge in [0.05, 0.1) is 12.1 Å². The Kier molecular flexibility index (Phi) is 4.99. The highest BCUT2D eigenvalue weighted by Gasteiger charge is 2.50. The van der Waals surface area contributed by atoms with E-state index in [0.29, 0.717) is 34.9 Å². The Bertz CT molecular complexity index is 1420. The van der Waals surface area contributed by atoms with Gasteiger partial charge >= 0.3 is 6.18 Å². The van der Waals surface area contributed by atoms with E-state index in [1.54, 1.807) is 23.5 Å². The largest absolute Gasteiger partial charge is 0.473 e. The highest BCUT2D eigenvalue weighted by atomic mass is 19.4. The molecule has 1 aromatic carbocycles. The van der Waals surface area contributed by atoms with Crippen molar-refractivity contribution in [2.45, 2.75) is 37.3 Å². The van der Waals surface area contributed by atoms with E-state index in [9.17, 15) is 18.3 Å². The number of aromatic nitrogens is 4. The number of ether oxygens (including phenoxy) is 1. The first-order chi connectivity index (χ1) is 16.8. The van der Waals surface area contributed by atoms with Crippen LogP contribution in [0.25, 0.3) is 28.1 Å². The summed E-state index contributed by atoms with van der Waals surface area (Å²) in [5.74, 6) is 0.858. The lowest BCUT2D eigenvalue weighted by atomic mass is 9.99. The molecule has 2 N–H and O–H groups in total. The van der Waals surface area contributed by atoms with E-state index < -0.39 is 24.0 Å². The fraction of sp³-hybridized carbons (Fsp3) is 0.375. The number of rotatable bonds is 1. The van der Waals surface area contributed by atoms with Crippen LogP contribution in [0.1, 0.15) is 24.9 Å². The van der Waals surface area contributed by atoms with Gasteiger partial charge in [-0.3, -0.25) is 14.6 Å². The molecule has 1 fully saturated rings. The molecule has 5 heterocycles. The van der Waals surface area contributed by atoms with Crippen LogP contribution in [0.5, 0.6) is 5.75 Å². The number of fused-ring (bicyclic) bond motifs is 5. The molecule has 0 amide bonds. The van der Waals surface area contributed by atoms with E-state index in [4.69, 9.17) is 9.72 Å². The van der Waals surface area contributed by atoms with Crippen LogP contribution in [0.2, 0.25) is 0 Å². The smallest absolute Gasteiger partial charge is 0.408 e. The molecule has 0 saturated carbocycles. The second-order valence-electron chi connectivity index (χ2n) is 9.25. The molecule has 2 aliphatic heterocycles. The molecule has 35 heavy (non-hydrogen) atoms. The molecule has 4 atom stereocenters. The van der Waals surface area contributed by atoms with Crippen molar-refractivity contribution in [1.82, 2.24) is 29.8 Å². The zero-order valence-corrected chi connectivity index (χ0v) is 18.8. The van der Waals surface area contributed by atoms with Gasteiger partial charge in [-0.05, 0) is 37.1 Å². The molecule has 2 aliphatic rings. The first-order valence-electron chi connectivity index (χ1n) is 11.4. The minimum Gasteiger partial charge on any atom is -0.473 e. The zero-order chi connectivity index (χ0) is 24.4. The van der Waals surface area contributed by atoms with Gasteiger partial charge in [0.15, 0.2) is 11.5 Å². The monoisotopic (exact) mass is 484 g/mol. The van der Waals surface area contributed by atoms with E-state index in [0.717, 1.165) is 5.39 Å². The summed E-state index contributed by atoms with van der Waals surface area (Å²) in [4.78, 5) is 6.11. The number of hydrogen-bond donors (Lipinski definition) is 2. The van der Waals surface area contributed by atoms with Crippen LogP contribution in [0.15, 0.2) is 48.7 Å². The number of halogens is 3. The van der Waals surface area contributed by atoms with E-state index in [-0.39, 0.29) is 25.3 Å². The minimum atomic E-state index is -4.53. The van der Waals surface area contributed by atoms with Crippen molar-refractivity contribution in [3.8, 4) is 17.3 Å². The summed E-state index contributed by atoms with van der Waals surface area (Å²) in [7, 11) is 0. The molecule has 0 spiro atoms. The summed E-state index contributed by atoms with van der Waals surface area (Å²) < 4.78 is 51.0. The number of nitrogens with one attached hydrogen (secondary N) is 1. The summed E-state index contributed by atoms with van der Waals surface area (Å²) in [6, 6.07) is 10.3. The lowest BCUT2D eigenvalue weighted by molar-refractivity contribution is -0.184. The van der Waals surface area contributed by atoms with Gasteiger partial charge in [-0.2, -0.15) is 13.2 Å². The molecule has 8 nitrogen and oxygen atoms in total. The summed E-state index contributed by atoms with van der Waals surface area (Å²) >= 11 is 0. The van der Waals surface area contributed by atoms with Crippen LogP contribution < -0.4 is 10.1 Å². The van der Waals surface area contributed by atoms with Crippen LogP contribution in [-0.2, 0) is 0 Å². The lowest BCUT2D eigenvalue weighted by Crippen LogP contribution is -2.56. The minimum absolute atomic E-state index is 0.00461. The van der Waals surface area contributed by atoms with Crippen LogP contribution in [-0.4, -0.2) is 67.2 Å². The third-order valence-corrected chi connectivity index (χ3v) is 6.83. The fourth-order valence-corrected chi connectivity index (χ4v) is 5.26. The Morgan fingerprint density at radius 1 is 1.17 bits per heavy atom. The van der Waals surface area contributed by atoms with E-state index in [1.807, 2.05) is 18.2 Å². The number of hydrogen-bond acceptors (Lipinski definition) is 7. The molecule has 0 radical (unpaired) electrons. The topological polar surface area (TPSA) is 87.8 Å². The summed E-state index contributed by atoms with van der Waals surface area (Å²) in [5, 5.41) is 22.7. The van der Waals surface area contributed by atoms with Crippen molar-refractivity contribution >= 4 is 16.6 Å². The highest BCUT2D eigenvalue weighted by molar-refractivity contribution is 5.86. The molecule has 1 saturated heterocycles. The van der Waals surface area contributed by atoms with Crippen molar-refractivity contribution in [2.24, 2.45) is 0 Å². The molecule has 6 rings (SSSR count). The van der Waals surface area contributed by atoms with Gasteiger partial charge in [-0.25, -0.2) is 4.98 Å². The van der Waals surface area contributed by atoms with Gasteiger partial charge in [0.2, 0.25) is 0 Å². The molecular formula is C24H23F3N6O2. The van der Waals surface area contributed by atoms with Gasteiger partial charge in [0.1, 0.15) is 29.2 Å². The number of para-hydroxylation sites is 1. The molecule has 4 aromatic rings. The maximum absolute atomic E-state index is 14.4.